The number of rotatable bonds is 6. The maximum atomic E-state index is 11.8. The fourth-order valence-electron chi connectivity index (χ4n) is 1.69. The quantitative estimate of drug-likeness (QED) is 0.855. The van der Waals surface area contributed by atoms with Crippen LogP contribution in [0.4, 0.5) is 0 Å². The van der Waals surface area contributed by atoms with E-state index in [2.05, 4.69) is 5.32 Å². The summed E-state index contributed by atoms with van der Waals surface area (Å²) in [7, 11) is 4.69. The van der Waals surface area contributed by atoms with Crippen LogP contribution in [0.3, 0.4) is 0 Å². The molecule has 0 aliphatic carbocycles. The van der Waals surface area contributed by atoms with Gasteiger partial charge in [-0.3, -0.25) is 4.79 Å². The second-order valence-electron chi connectivity index (χ2n) is 4.22. The summed E-state index contributed by atoms with van der Waals surface area (Å²) in [5.74, 6) is 1.23. The van der Waals surface area contributed by atoms with Crippen molar-refractivity contribution in [3.8, 4) is 11.5 Å². The molecule has 1 aromatic carbocycles. The van der Waals surface area contributed by atoms with Crippen molar-refractivity contribution in [2.75, 3.05) is 21.3 Å². The highest BCUT2D eigenvalue weighted by Crippen LogP contribution is 2.29. The number of amides is 1. The third-order valence-electron chi connectivity index (χ3n) is 2.99. The summed E-state index contributed by atoms with van der Waals surface area (Å²) in [6.45, 7) is 3.60. The average molecular weight is 267 g/mol. The summed E-state index contributed by atoms with van der Waals surface area (Å²) < 4.78 is 15.4. The Hall–Kier alpha value is -1.75. The lowest BCUT2D eigenvalue weighted by Crippen LogP contribution is -2.35. The van der Waals surface area contributed by atoms with Crippen LogP contribution in [0.25, 0.3) is 0 Å². The van der Waals surface area contributed by atoms with Crippen molar-refractivity contribution < 1.29 is 19.0 Å². The molecule has 0 aliphatic rings. The van der Waals surface area contributed by atoms with Crippen LogP contribution < -0.4 is 14.8 Å². The number of carbonyl (C=O) groups is 1. The minimum atomic E-state index is -0.480. The van der Waals surface area contributed by atoms with Crippen molar-refractivity contribution in [2.45, 2.75) is 26.0 Å². The third-order valence-corrected chi connectivity index (χ3v) is 2.99. The van der Waals surface area contributed by atoms with E-state index in [0.29, 0.717) is 11.5 Å². The fourth-order valence-corrected chi connectivity index (χ4v) is 1.69. The van der Waals surface area contributed by atoms with Crippen molar-refractivity contribution in [1.82, 2.24) is 5.32 Å². The number of nitrogens with one attached hydrogen (secondary N) is 1. The Kier molecular flexibility index (Phi) is 5.63. The molecule has 2 unspecified atom stereocenters. The zero-order valence-electron chi connectivity index (χ0n) is 12.0. The van der Waals surface area contributed by atoms with Gasteiger partial charge in [0.15, 0.2) is 0 Å². The number of hydrogen-bond acceptors (Lipinski definition) is 4. The van der Waals surface area contributed by atoms with Crippen LogP contribution in [0.15, 0.2) is 18.2 Å². The van der Waals surface area contributed by atoms with Crippen molar-refractivity contribution in [3.05, 3.63) is 23.8 Å². The smallest absolute Gasteiger partial charge is 0.249 e. The zero-order chi connectivity index (χ0) is 14.4. The van der Waals surface area contributed by atoms with E-state index < -0.39 is 6.10 Å². The first-order valence-electron chi connectivity index (χ1n) is 6.08. The second-order valence-corrected chi connectivity index (χ2v) is 4.22. The number of hydrogen-bond donors (Lipinski definition) is 1. The molecule has 5 heteroatoms. The molecule has 0 aliphatic heterocycles. The molecule has 1 amide bonds. The van der Waals surface area contributed by atoms with E-state index in [0.717, 1.165) is 5.56 Å². The second kappa shape index (κ2) is 6.99. The minimum absolute atomic E-state index is 0.159. The first-order valence-corrected chi connectivity index (χ1v) is 6.08. The summed E-state index contributed by atoms with van der Waals surface area (Å²) in [4.78, 5) is 11.8. The Morgan fingerprint density at radius 1 is 1.16 bits per heavy atom. The summed E-state index contributed by atoms with van der Waals surface area (Å²) in [5, 5.41) is 2.87. The van der Waals surface area contributed by atoms with Crippen molar-refractivity contribution in [2.24, 2.45) is 0 Å². The Morgan fingerprint density at radius 3 is 2.37 bits per heavy atom. The molecule has 0 radical (unpaired) electrons. The van der Waals surface area contributed by atoms with Gasteiger partial charge in [-0.15, -0.1) is 0 Å². The fraction of sp³-hybridized carbons (Fsp3) is 0.500. The molecule has 2 atom stereocenters. The molecule has 1 N–H and O–H groups in total. The minimum Gasteiger partial charge on any atom is -0.497 e. The lowest BCUT2D eigenvalue weighted by atomic mass is 10.1. The van der Waals surface area contributed by atoms with E-state index in [4.69, 9.17) is 14.2 Å². The Balaban J connectivity index is 2.87. The van der Waals surface area contributed by atoms with Gasteiger partial charge in [-0.2, -0.15) is 0 Å². The van der Waals surface area contributed by atoms with Gasteiger partial charge in [-0.25, -0.2) is 0 Å². The van der Waals surface area contributed by atoms with E-state index in [9.17, 15) is 4.79 Å². The topological polar surface area (TPSA) is 56.8 Å². The number of methoxy groups -OCH3 is 3. The van der Waals surface area contributed by atoms with Gasteiger partial charge in [-0.05, 0) is 26.0 Å². The molecule has 0 aromatic heterocycles. The van der Waals surface area contributed by atoms with Crippen LogP contribution in [0.2, 0.25) is 0 Å². The van der Waals surface area contributed by atoms with Crippen LogP contribution in [0.5, 0.6) is 11.5 Å². The molecule has 1 aromatic rings. The van der Waals surface area contributed by atoms with E-state index in [1.807, 2.05) is 19.1 Å². The Morgan fingerprint density at radius 2 is 1.84 bits per heavy atom. The molecule has 0 spiro atoms. The summed E-state index contributed by atoms with van der Waals surface area (Å²) in [5.41, 5.74) is 0.889. The molecule has 19 heavy (non-hydrogen) atoms. The highest BCUT2D eigenvalue weighted by atomic mass is 16.5. The summed E-state index contributed by atoms with van der Waals surface area (Å²) >= 11 is 0. The van der Waals surface area contributed by atoms with Gasteiger partial charge in [-0.1, -0.05) is 0 Å². The van der Waals surface area contributed by atoms with E-state index in [1.54, 1.807) is 27.2 Å². The van der Waals surface area contributed by atoms with E-state index >= 15 is 0 Å². The number of carbonyl (C=O) groups excluding carboxylic acids is 1. The SMILES string of the molecule is COc1ccc(C(C)NC(=O)C(C)OC)c(OC)c1. The highest BCUT2D eigenvalue weighted by molar-refractivity contribution is 5.80. The van der Waals surface area contributed by atoms with Crippen LogP contribution in [0, 0.1) is 0 Å². The molecule has 5 nitrogen and oxygen atoms in total. The van der Waals surface area contributed by atoms with Gasteiger partial charge < -0.3 is 19.5 Å². The number of ether oxygens (including phenoxy) is 3. The number of benzene rings is 1. The molecule has 0 fully saturated rings. The summed E-state index contributed by atoms with van der Waals surface area (Å²) in [6.07, 6.45) is -0.480. The van der Waals surface area contributed by atoms with Crippen LogP contribution in [-0.4, -0.2) is 33.3 Å². The maximum Gasteiger partial charge on any atom is 0.249 e. The third kappa shape index (κ3) is 3.86. The Labute approximate surface area is 113 Å². The molecule has 0 bridgehead atoms. The predicted molar refractivity (Wildman–Crippen MR) is 72.6 cm³/mol. The van der Waals surface area contributed by atoms with Gasteiger partial charge in [0.25, 0.3) is 0 Å². The van der Waals surface area contributed by atoms with Crippen molar-refractivity contribution >= 4 is 5.91 Å². The van der Waals surface area contributed by atoms with E-state index in [1.165, 1.54) is 7.11 Å². The average Bonchev–Trinajstić information content (AvgIpc) is 2.45. The van der Waals surface area contributed by atoms with Crippen LogP contribution in [-0.2, 0) is 9.53 Å². The van der Waals surface area contributed by atoms with Crippen LogP contribution >= 0.6 is 0 Å². The highest BCUT2D eigenvalue weighted by Gasteiger charge is 2.18. The maximum absolute atomic E-state index is 11.8. The molecular weight excluding hydrogens is 246 g/mol. The molecular formula is C14H21NO4. The normalized spacial score (nSPS) is 13.5. The van der Waals surface area contributed by atoms with Gasteiger partial charge in [0.2, 0.25) is 5.91 Å². The zero-order valence-corrected chi connectivity index (χ0v) is 12.0. The van der Waals surface area contributed by atoms with Crippen LogP contribution in [0.1, 0.15) is 25.5 Å². The van der Waals surface area contributed by atoms with Gasteiger partial charge in [0, 0.05) is 18.7 Å². The monoisotopic (exact) mass is 267 g/mol. The Bertz CT molecular complexity index is 433. The van der Waals surface area contributed by atoms with Gasteiger partial charge in [0.05, 0.1) is 20.3 Å². The molecule has 1 rings (SSSR count). The standard InChI is InChI=1S/C14H21NO4/c1-9(15-14(16)10(2)17-3)12-7-6-11(18-4)8-13(12)19-5/h6-10H,1-5H3,(H,15,16). The molecule has 0 saturated heterocycles. The van der Waals surface area contributed by atoms with Crippen molar-refractivity contribution in [3.63, 3.8) is 0 Å². The van der Waals surface area contributed by atoms with E-state index in [-0.39, 0.29) is 11.9 Å². The first kappa shape index (κ1) is 15.3. The van der Waals surface area contributed by atoms with Gasteiger partial charge >= 0.3 is 0 Å². The molecule has 0 heterocycles. The molecule has 106 valence electrons. The largest absolute Gasteiger partial charge is 0.497 e. The lowest BCUT2D eigenvalue weighted by molar-refractivity contribution is -0.130. The van der Waals surface area contributed by atoms with Crippen molar-refractivity contribution in [1.29, 1.82) is 0 Å². The summed E-state index contributed by atoms with van der Waals surface area (Å²) in [6, 6.07) is 5.32. The van der Waals surface area contributed by atoms with Gasteiger partial charge in [0.1, 0.15) is 17.6 Å². The first-order chi connectivity index (χ1) is 9.03. The lowest BCUT2D eigenvalue weighted by Gasteiger charge is -2.19. The molecule has 0 saturated carbocycles. The predicted octanol–water partition coefficient (Wildman–Crippen LogP) is 1.92.